The van der Waals surface area contributed by atoms with Gasteiger partial charge >= 0.3 is 5.97 Å². The highest BCUT2D eigenvalue weighted by Crippen LogP contribution is 2.23. The Hall–Kier alpha value is -0.610. The summed E-state index contributed by atoms with van der Waals surface area (Å²) in [5, 5.41) is 9.30. The van der Waals surface area contributed by atoms with E-state index < -0.39 is 11.4 Å². The number of carbonyl (C=O) groups is 1. The third-order valence-corrected chi connectivity index (χ3v) is 4.49. The molecule has 1 saturated heterocycles. The molecular formula is C14H28N2O2. The van der Waals surface area contributed by atoms with Crippen LogP contribution in [-0.4, -0.2) is 59.6 Å². The van der Waals surface area contributed by atoms with Gasteiger partial charge in [0.1, 0.15) is 0 Å². The fourth-order valence-corrected chi connectivity index (χ4v) is 2.44. The second-order valence-electron chi connectivity index (χ2n) is 5.79. The Morgan fingerprint density at radius 1 is 1.28 bits per heavy atom. The van der Waals surface area contributed by atoms with Crippen LogP contribution in [0.25, 0.3) is 0 Å². The Balaban J connectivity index is 2.46. The van der Waals surface area contributed by atoms with Crippen LogP contribution in [0.2, 0.25) is 0 Å². The van der Waals surface area contributed by atoms with Gasteiger partial charge in [-0.15, -0.1) is 0 Å². The zero-order chi connectivity index (χ0) is 13.8. The van der Waals surface area contributed by atoms with E-state index in [1.807, 2.05) is 13.8 Å². The van der Waals surface area contributed by atoms with Crippen LogP contribution in [0.1, 0.15) is 40.5 Å². The molecule has 1 N–H and O–H groups in total. The number of aliphatic carboxylic acids is 1. The van der Waals surface area contributed by atoms with Crippen LogP contribution in [-0.2, 0) is 4.79 Å². The first-order valence-electron chi connectivity index (χ1n) is 7.12. The quantitative estimate of drug-likeness (QED) is 0.788. The number of hydrogen-bond acceptors (Lipinski definition) is 3. The summed E-state index contributed by atoms with van der Waals surface area (Å²) in [4.78, 5) is 16.1. The molecule has 0 amide bonds. The SMILES string of the molecule is CCC(C)N1CCN(CC(C)(CC)C(=O)O)CC1. The van der Waals surface area contributed by atoms with Crippen LogP contribution in [0.4, 0.5) is 0 Å². The molecule has 0 bridgehead atoms. The molecule has 18 heavy (non-hydrogen) atoms. The predicted molar refractivity (Wildman–Crippen MR) is 73.8 cm³/mol. The zero-order valence-corrected chi connectivity index (χ0v) is 12.3. The van der Waals surface area contributed by atoms with Crippen LogP contribution in [0, 0.1) is 5.41 Å². The van der Waals surface area contributed by atoms with E-state index in [-0.39, 0.29) is 0 Å². The molecule has 0 aromatic carbocycles. The molecule has 1 aliphatic heterocycles. The zero-order valence-electron chi connectivity index (χ0n) is 12.3. The van der Waals surface area contributed by atoms with Crippen molar-refractivity contribution < 1.29 is 9.90 Å². The monoisotopic (exact) mass is 256 g/mol. The van der Waals surface area contributed by atoms with Gasteiger partial charge < -0.3 is 5.11 Å². The summed E-state index contributed by atoms with van der Waals surface area (Å²) in [5.74, 6) is -0.672. The minimum Gasteiger partial charge on any atom is -0.481 e. The van der Waals surface area contributed by atoms with E-state index >= 15 is 0 Å². The lowest BCUT2D eigenvalue weighted by molar-refractivity contribution is -0.149. The fourth-order valence-electron chi connectivity index (χ4n) is 2.44. The molecule has 106 valence electrons. The first-order valence-corrected chi connectivity index (χ1v) is 7.12. The Kier molecular flexibility index (Phi) is 5.60. The summed E-state index contributed by atoms with van der Waals surface area (Å²) in [6.45, 7) is 13.1. The second-order valence-corrected chi connectivity index (χ2v) is 5.79. The molecule has 0 saturated carbocycles. The molecule has 0 aromatic heterocycles. The van der Waals surface area contributed by atoms with E-state index in [0.717, 1.165) is 26.2 Å². The highest BCUT2D eigenvalue weighted by Gasteiger charge is 2.34. The molecule has 0 spiro atoms. The Morgan fingerprint density at radius 2 is 1.83 bits per heavy atom. The molecule has 1 fully saturated rings. The summed E-state index contributed by atoms with van der Waals surface area (Å²) < 4.78 is 0. The van der Waals surface area contributed by atoms with E-state index in [1.165, 1.54) is 6.42 Å². The number of nitrogens with zero attached hydrogens (tertiary/aromatic N) is 2. The smallest absolute Gasteiger partial charge is 0.310 e. The van der Waals surface area contributed by atoms with Crippen molar-refractivity contribution in [2.75, 3.05) is 32.7 Å². The van der Waals surface area contributed by atoms with Gasteiger partial charge in [0.2, 0.25) is 0 Å². The lowest BCUT2D eigenvalue weighted by atomic mass is 9.87. The molecule has 4 nitrogen and oxygen atoms in total. The standard InChI is InChI=1S/C14H28N2O2/c1-5-12(3)16-9-7-15(8-10-16)11-14(4,6-2)13(17)18/h12H,5-11H2,1-4H3,(H,17,18). The molecular weight excluding hydrogens is 228 g/mol. The number of carboxylic acid groups (broad SMARTS) is 1. The molecule has 4 heteroatoms. The summed E-state index contributed by atoms with van der Waals surface area (Å²) in [6, 6.07) is 0.643. The third kappa shape index (κ3) is 3.69. The maximum atomic E-state index is 11.3. The Labute approximate surface area is 111 Å². The van der Waals surface area contributed by atoms with Gasteiger partial charge in [0, 0.05) is 38.8 Å². The Morgan fingerprint density at radius 3 is 2.22 bits per heavy atom. The maximum Gasteiger partial charge on any atom is 0.310 e. The molecule has 2 unspecified atom stereocenters. The molecule has 0 radical (unpaired) electrons. The molecule has 1 aliphatic rings. The third-order valence-electron chi connectivity index (χ3n) is 4.49. The lowest BCUT2D eigenvalue weighted by Crippen LogP contribution is -2.52. The van der Waals surface area contributed by atoms with Gasteiger partial charge in [0.05, 0.1) is 5.41 Å². The van der Waals surface area contributed by atoms with Crippen molar-refractivity contribution in [1.29, 1.82) is 0 Å². The number of carboxylic acids is 1. The largest absolute Gasteiger partial charge is 0.481 e. The molecule has 1 heterocycles. The minimum absolute atomic E-state index is 0.599. The van der Waals surface area contributed by atoms with Crippen LogP contribution in [0.3, 0.4) is 0 Å². The second kappa shape index (κ2) is 6.53. The predicted octanol–water partition coefficient (Wildman–Crippen LogP) is 1.90. The molecule has 0 aliphatic carbocycles. The number of hydrogen-bond donors (Lipinski definition) is 1. The Bertz CT molecular complexity index is 275. The van der Waals surface area contributed by atoms with Crippen LogP contribution < -0.4 is 0 Å². The highest BCUT2D eigenvalue weighted by atomic mass is 16.4. The summed E-state index contributed by atoms with van der Waals surface area (Å²) in [6.07, 6.45) is 1.87. The molecule has 2 atom stereocenters. The first kappa shape index (κ1) is 15.4. The highest BCUT2D eigenvalue weighted by molar-refractivity contribution is 5.74. The van der Waals surface area contributed by atoms with Gasteiger partial charge in [-0.1, -0.05) is 13.8 Å². The number of piperazine rings is 1. The van der Waals surface area contributed by atoms with E-state index in [9.17, 15) is 9.90 Å². The summed E-state index contributed by atoms with van der Waals surface area (Å²) in [7, 11) is 0. The van der Waals surface area contributed by atoms with Gasteiger partial charge in [-0.25, -0.2) is 0 Å². The van der Waals surface area contributed by atoms with Gasteiger partial charge in [-0.05, 0) is 26.7 Å². The molecule has 0 aromatic rings. The van der Waals surface area contributed by atoms with Crippen molar-refractivity contribution >= 4 is 5.97 Å². The van der Waals surface area contributed by atoms with Crippen molar-refractivity contribution in [2.45, 2.75) is 46.6 Å². The van der Waals surface area contributed by atoms with Gasteiger partial charge in [-0.2, -0.15) is 0 Å². The van der Waals surface area contributed by atoms with Crippen molar-refractivity contribution in [2.24, 2.45) is 5.41 Å². The fraction of sp³-hybridized carbons (Fsp3) is 0.929. The summed E-state index contributed by atoms with van der Waals surface area (Å²) >= 11 is 0. The van der Waals surface area contributed by atoms with Crippen LogP contribution in [0.5, 0.6) is 0 Å². The maximum absolute atomic E-state index is 11.3. The average Bonchev–Trinajstić information content (AvgIpc) is 2.38. The topological polar surface area (TPSA) is 43.8 Å². The van der Waals surface area contributed by atoms with E-state index in [2.05, 4.69) is 23.6 Å². The normalized spacial score (nSPS) is 23.6. The van der Waals surface area contributed by atoms with Crippen LogP contribution in [0.15, 0.2) is 0 Å². The van der Waals surface area contributed by atoms with Gasteiger partial charge in [0.25, 0.3) is 0 Å². The van der Waals surface area contributed by atoms with Gasteiger partial charge in [-0.3, -0.25) is 14.6 Å². The van der Waals surface area contributed by atoms with E-state index in [0.29, 0.717) is 19.0 Å². The van der Waals surface area contributed by atoms with Crippen molar-refractivity contribution in [3.63, 3.8) is 0 Å². The van der Waals surface area contributed by atoms with Crippen LogP contribution >= 0.6 is 0 Å². The van der Waals surface area contributed by atoms with Crippen molar-refractivity contribution in [3.05, 3.63) is 0 Å². The van der Waals surface area contributed by atoms with Crippen molar-refractivity contribution in [1.82, 2.24) is 9.80 Å². The molecule has 1 rings (SSSR count). The van der Waals surface area contributed by atoms with E-state index in [1.54, 1.807) is 0 Å². The lowest BCUT2D eigenvalue weighted by Gasteiger charge is -2.40. The first-order chi connectivity index (χ1) is 8.42. The van der Waals surface area contributed by atoms with Gasteiger partial charge in [0.15, 0.2) is 0 Å². The summed E-state index contributed by atoms with van der Waals surface area (Å²) in [5.41, 5.74) is -0.599. The number of rotatable bonds is 6. The van der Waals surface area contributed by atoms with E-state index in [4.69, 9.17) is 0 Å². The average molecular weight is 256 g/mol. The minimum atomic E-state index is -0.672. The van der Waals surface area contributed by atoms with Crippen molar-refractivity contribution in [3.8, 4) is 0 Å².